The number of hydrogen-bond donors (Lipinski definition) is 7. The first-order chi connectivity index (χ1) is 20.2. The van der Waals surface area contributed by atoms with Crippen molar-refractivity contribution >= 4 is 46.5 Å². The summed E-state index contributed by atoms with van der Waals surface area (Å²) in [5.41, 5.74) is 8.55. The minimum atomic E-state index is -5.08. The number of hydrogen-bond acceptors (Lipinski definition) is 7. The van der Waals surface area contributed by atoms with E-state index in [1.165, 1.54) is 0 Å². The lowest BCUT2D eigenvalue weighted by molar-refractivity contribution is -0.193. The zero-order valence-corrected chi connectivity index (χ0v) is 23.9. The lowest BCUT2D eigenvalue weighted by Gasteiger charge is -2.33. The molecule has 1 heterocycles. The molecule has 0 spiro atoms. The van der Waals surface area contributed by atoms with Crippen LogP contribution in [0.15, 0.2) is 29.8 Å². The van der Waals surface area contributed by atoms with Gasteiger partial charge in [-0.3, -0.25) is 15.5 Å². The summed E-state index contributed by atoms with van der Waals surface area (Å²) in [6.45, 7) is 5.94. The van der Waals surface area contributed by atoms with Gasteiger partial charge < -0.3 is 26.6 Å². The molecule has 1 amide bonds. The molecule has 1 aliphatic carbocycles. The van der Waals surface area contributed by atoms with Crippen molar-refractivity contribution in [2.24, 2.45) is 5.73 Å². The van der Waals surface area contributed by atoms with E-state index < -0.39 is 24.3 Å². The summed E-state index contributed by atoms with van der Waals surface area (Å²) in [6, 6.07) is 6.12. The number of carbonyl (C=O) groups excluding carboxylic acids is 1. The van der Waals surface area contributed by atoms with Gasteiger partial charge in [0, 0.05) is 23.9 Å². The molecule has 12 nitrogen and oxygen atoms in total. The van der Waals surface area contributed by atoms with Gasteiger partial charge >= 0.3 is 24.3 Å². The number of carboxylic acids is 2. The van der Waals surface area contributed by atoms with E-state index in [1.807, 2.05) is 45.0 Å². The highest BCUT2D eigenvalue weighted by Crippen LogP contribution is 2.28. The van der Waals surface area contributed by atoms with Crippen molar-refractivity contribution in [2.45, 2.75) is 77.3 Å². The number of amides is 1. The Morgan fingerprint density at radius 3 is 2.00 bits per heavy atom. The summed E-state index contributed by atoms with van der Waals surface area (Å²) in [5, 5.41) is 32.2. The standard InChI is InChI=1S/C22H31N7O.2C2HF3O2/c1-13(2)8-11-19(30)28-22-27-16-10-9-14(3)12-15(16)20(29-22)25-17-6-4-5-7-18(17)26-21(23)24;2*3-2(4,5)1(6)7/h8-10,12,17-18H,4-7,11H2,1-3H3,(H4,23,24,26)(H2,25,27,28,29,30);2*(H,6,7). The number of carboxylic acid groups (broad SMARTS) is 2. The molecule has 0 saturated heterocycles. The summed E-state index contributed by atoms with van der Waals surface area (Å²) in [6.07, 6.45) is -3.93. The number of aliphatic carboxylic acids is 2. The quantitative estimate of drug-likeness (QED) is 0.101. The summed E-state index contributed by atoms with van der Waals surface area (Å²) >= 11 is 0. The van der Waals surface area contributed by atoms with Crippen LogP contribution < -0.4 is 21.7 Å². The molecule has 3 rings (SSSR count). The number of nitrogens with zero attached hydrogens (tertiary/aromatic N) is 2. The van der Waals surface area contributed by atoms with Gasteiger partial charge in [0.1, 0.15) is 5.82 Å². The fourth-order valence-corrected chi connectivity index (χ4v) is 3.73. The number of anilines is 2. The lowest BCUT2D eigenvalue weighted by atomic mass is 9.90. The van der Waals surface area contributed by atoms with Crippen LogP contribution >= 0.6 is 0 Å². The molecule has 0 aliphatic heterocycles. The Labute approximate surface area is 247 Å². The van der Waals surface area contributed by atoms with Gasteiger partial charge in [-0.1, -0.05) is 36.1 Å². The molecule has 18 heteroatoms. The molecule has 2 atom stereocenters. The Morgan fingerprint density at radius 2 is 1.52 bits per heavy atom. The van der Waals surface area contributed by atoms with Crippen LogP contribution in [0.4, 0.5) is 38.1 Å². The average Bonchev–Trinajstić information content (AvgIpc) is 2.88. The molecular formula is C26H33F6N7O5. The topological polar surface area (TPSA) is 203 Å². The maximum Gasteiger partial charge on any atom is 0.490 e. The summed E-state index contributed by atoms with van der Waals surface area (Å²) < 4.78 is 63.5. The molecular weight excluding hydrogens is 604 g/mol. The predicted molar refractivity (Wildman–Crippen MR) is 149 cm³/mol. The zero-order chi connectivity index (χ0) is 33.8. The first-order valence-electron chi connectivity index (χ1n) is 12.9. The van der Waals surface area contributed by atoms with Crippen molar-refractivity contribution in [3.8, 4) is 0 Å². The first kappa shape index (κ1) is 37.4. The van der Waals surface area contributed by atoms with Gasteiger partial charge in [0.2, 0.25) is 11.9 Å². The van der Waals surface area contributed by atoms with Crippen LogP contribution in [0.3, 0.4) is 0 Å². The van der Waals surface area contributed by atoms with E-state index in [4.69, 9.17) is 30.9 Å². The number of aromatic nitrogens is 2. The van der Waals surface area contributed by atoms with Gasteiger partial charge in [-0.2, -0.15) is 31.3 Å². The molecule has 244 valence electrons. The second-order valence-corrected chi connectivity index (χ2v) is 9.76. The second-order valence-electron chi connectivity index (χ2n) is 9.76. The fourth-order valence-electron chi connectivity index (χ4n) is 3.73. The zero-order valence-electron chi connectivity index (χ0n) is 23.9. The Kier molecular flexibility index (Phi) is 13.8. The highest BCUT2D eigenvalue weighted by atomic mass is 19.4. The number of guanidine groups is 1. The molecule has 0 radical (unpaired) electrons. The number of carbonyl (C=O) groups is 3. The van der Waals surface area contributed by atoms with E-state index in [0.29, 0.717) is 5.82 Å². The Bertz CT molecular complexity index is 1340. The number of halogens is 6. The maximum atomic E-state index is 12.3. The van der Waals surface area contributed by atoms with Crippen molar-refractivity contribution in [1.29, 1.82) is 5.41 Å². The number of nitrogens with one attached hydrogen (secondary N) is 4. The van der Waals surface area contributed by atoms with Crippen LogP contribution in [0.2, 0.25) is 0 Å². The van der Waals surface area contributed by atoms with Crippen molar-refractivity contribution in [1.82, 2.24) is 15.3 Å². The van der Waals surface area contributed by atoms with Gasteiger partial charge in [-0.05, 0) is 45.7 Å². The number of aryl methyl sites for hydroxylation is 1. The molecule has 2 unspecified atom stereocenters. The molecule has 1 aromatic heterocycles. The number of benzene rings is 1. The Morgan fingerprint density at radius 1 is 1.00 bits per heavy atom. The number of allylic oxidation sites excluding steroid dienone is 1. The summed E-state index contributed by atoms with van der Waals surface area (Å²) in [7, 11) is 0. The van der Waals surface area contributed by atoms with Crippen molar-refractivity contribution in [3.05, 3.63) is 35.4 Å². The summed E-state index contributed by atoms with van der Waals surface area (Å²) in [4.78, 5) is 39.2. The van der Waals surface area contributed by atoms with Crippen LogP contribution in [0.1, 0.15) is 51.5 Å². The number of fused-ring (bicyclic) bond motifs is 1. The average molecular weight is 638 g/mol. The summed E-state index contributed by atoms with van der Waals surface area (Å²) in [5.74, 6) is -4.72. The first-order valence-corrected chi connectivity index (χ1v) is 12.9. The van der Waals surface area contributed by atoms with E-state index in [0.717, 1.165) is 47.7 Å². The number of nitrogens with two attached hydrogens (primary N) is 1. The Hall–Kier alpha value is -4.64. The molecule has 8 N–H and O–H groups in total. The van der Waals surface area contributed by atoms with E-state index in [2.05, 4.69) is 25.9 Å². The van der Waals surface area contributed by atoms with Crippen LogP contribution in [0.25, 0.3) is 10.9 Å². The minimum absolute atomic E-state index is 0.0238. The van der Waals surface area contributed by atoms with Gasteiger partial charge in [0.05, 0.1) is 5.52 Å². The van der Waals surface area contributed by atoms with E-state index in [1.54, 1.807) is 0 Å². The fraction of sp³-hybridized carbons (Fsp3) is 0.462. The molecule has 1 aliphatic rings. The van der Waals surface area contributed by atoms with Crippen LogP contribution in [0, 0.1) is 12.3 Å². The third-order valence-electron chi connectivity index (χ3n) is 5.71. The number of alkyl halides is 6. The molecule has 2 aromatic rings. The van der Waals surface area contributed by atoms with E-state index in [-0.39, 0.29) is 36.3 Å². The van der Waals surface area contributed by atoms with E-state index >= 15 is 0 Å². The largest absolute Gasteiger partial charge is 0.490 e. The van der Waals surface area contributed by atoms with Gasteiger partial charge in [-0.25, -0.2) is 14.6 Å². The highest BCUT2D eigenvalue weighted by Gasteiger charge is 2.39. The maximum absolute atomic E-state index is 12.3. The molecule has 1 saturated carbocycles. The van der Waals surface area contributed by atoms with Crippen molar-refractivity contribution in [2.75, 3.05) is 10.6 Å². The van der Waals surface area contributed by atoms with Crippen LogP contribution in [-0.2, 0) is 14.4 Å². The van der Waals surface area contributed by atoms with Crippen molar-refractivity contribution < 1.29 is 50.9 Å². The smallest absolute Gasteiger partial charge is 0.475 e. The second kappa shape index (κ2) is 16.3. The molecule has 1 aromatic carbocycles. The molecule has 1 fully saturated rings. The normalized spacial score (nSPS) is 16.2. The highest BCUT2D eigenvalue weighted by molar-refractivity contribution is 5.94. The minimum Gasteiger partial charge on any atom is -0.475 e. The number of rotatable bonds is 6. The predicted octanol–water partition coefficient (Wildman–Crippen LogP) is 4.71. The van der Waals surface area contributed by atoms with Gasteiger partial charge in [-0.15, -0.1) is 0 Å². The third-order valence-corrected chi connectivity index (χ3v) is 5.71. The van der Waals surface area contributed by atoms with Gasteiger partial charge in [0.15, 0.2) is 5.96 Å². The van der Waals surface area contributed by atoms with Crippen LogP contribution in [-0.4, -0.2) is 68.4 Å². The van der Waals surface area contributed by atoms with E-state index in [9.17, 15) is 31.1 Å². The molecule has 0 bridgehead atoms. The van der Waals surface area contributed by atoms with Crippen molar-refractivity contribution in [3.63, 3.8) is 0 Å². The van der Waals surface area contributed by atoms with Gasteiger partial charge in [0.25, 0.3) is 0 Å². The monoisotopic (exact) mass is 637 g/mol. The Balaban J connectivity index is 0.000000574. The third kappa shape index (κ3) is 13.6. The van der Waals surface area contributed by atoms with Crippen LogP contribution in [0.5, 0.6) is 0 Å². The molecule has 44 heavy (non-hydrogen) atoms. The SMILES string of the molecule is CC(C)=CCC(=O)Nc1nc(NC2CCCCC2NC(=N)N)c2cc(C)ccc2n1.O=C(O)C(F)(F)F.O=C(O)C(F)(F)F. The lowest BCUT2D eigenvalue weighted by Crippen LogP contribution is -2.50.